The molecule has 3 aromatic heterocycles. The van der Waals surface area contributed by atoms with Gasteiger partial charge in [-0.05, 0) is 66.7 Å². The molecule has 0 saturated heterocycles. The molecule has 11 aromatic rings. The summed E-state index contributed by atoms with van der Waals surface area (Å²) < 4.78 is 6.86. The van der Waals surface area contributed by atoms with E-state index in [1.807, 2.05) is 48.5 Å². The largest absolute Gasteiger partial charge is 0.309 e. The molecule has 5 heteroatoms. The van der Waals surface area contributed by atoms with Gasteiger partial charge >= 0.3 is 0 Å². The van der Waals surface area contributed by atoms with Crippen molar-refractivity contribution in [2.75, 3.05) is 0 Å². The predicted octanol–water partition coefficient (Wildman–Crippen LogP) is 12.4. The summed E-state index contributed by atoms with van der Waals surface area (Å²) in [4.78, 5) is 0. The zero-order chi connectivity index (χ0) is 36.6. The Labute approximate surface area is 316 Å². The highest BCUT2D eigenvalue weighted by molar-refractivity contribution is 6.13. The number of rotatable bonds is 4. The van der Waals surface area contributed by atoms with Crippen LogP contribution in [0, 0.1) is 22.7 Å². The summed E-state index contributed by atoms with van der Waals surface area (Å²) in [6.45, 7) is 0. The van der Waals surface area contributed by atoms with E-state index >= 15 is 0 Å². The number of para-hydroxylation sites is 5. The molecular weight excluding hydrogens is 671 g/mol. The fourth-order valence-corrected chi connectivity index (χ4v) is 8.77. The van der Waals surface area contributed by atoms with Crippen molar-refractivity contribution in [2.45, 2.75) is 0 Å². The minimum Gasteiger partial charge on any atom is -0.309 e. The summed E-state index contributed by atoms with van der Waals surface area (Å²) in [5, 5.41) is 27.6. The maximum Gasteiger partial charge on any atom is 0.0998 e. The van der Waals surface area contributed by atoms with Crippen LogP contribution in [-0.4, -0.2) is 13.7 Å². The molecular formula is C50H29N5. The van der Waals surface area contributed by atoms with Crippen molar-refractivity contribution in [3.8, 4) is 40.3 Å². The normalized spacial score (nSPS) is 11.6. The topological polar surface area (TPSA) is 62.4 Å². The lowest BCUT2D eigenvalue weighted by Crippen LogP contribution is -2.00. The van der Waals surface area contributed by atoms with Gasteiger partial charge in [0.2, 0.25) is 0 Å². The molecule has 8 aromatic carbocycles. The first-order chi connectivity index (χ1) is 27.2. The smallest absolute Gasteiger partial charge is 0.0998 e. The second-order valence-corrected chi connectivity index (χ2v) is 14.0. The monoisotopic (exact) mass is 699 g/mol. The van der Waals surface area contributed by atoms with Gasteiger partial charge in [-0.25, -0.2) is 0 Å². The fourth-order valence-electron chi connectivity index (χ4n) is 8.77. The van der Waals surface area contributed by atoms with E-state index in [-0.39, 0.29) is 0 Å². The molecule has 0 spiro atoms. The number of nitriles is 2. The molecule has 0 aliphatic heterocycles. The number of nitrogens with zero attached hydrogens (tertiary/aromatic N) is 5. The number of hydrogen-bond acceptors (Lipinski definition) is 2. The Balaban J connectivity index is 1.13. The van der Waals surface area contributed by atoms with Crippen LogP contribution in [0.4, 0.5) is 0 Å². The first-order valence-electron chi connectivity index (χ1n) is 18.3. The summed E-state index contributed by atoms with van der Waals surface area (Å²) in [5.41, 5.74) is 12.3. The van der Waals surface area contributed by atoms with Crippen molar-refractivity contribution in [2.24, 2.45) is 0 Å². The van der Waals surface area contributed by atoms with Crippen LogP contribution in [0.1, 0.15) is 11.1 Å². The lowest BCUT2D eigenvalue weighted by atomic mass is 9.97. The van der Waals surface area contributed by atoms with E-state index in [1.54, 1.807) is 0 Å². The zero-order valence-corrected chi connectivity index (χ0v) is 29.5. The van der Waals surface area contributed by atoms with Gasteiger partial charge in [0.05, 0.1) is 62.1 Å². The molecule has 0 bridgehead atoms. The van der Waals surface area contributed by atoms with Gasteiger partial charge in [-0.2, -0.15) is 10.5 Å². The molecule has 0 aliphatic carbocycles. The van der Waals surface area contributed by atoms with Crippen molar-refractivity contribution in [1.82, 2.24) is 13.7 Å². The molecule has 5 nitrogen and oxygen atoms in total. The molecule has 55 heavy (non-hydrogen) atoms. The van der Waals surface area contributed by atoms with Gasteiger partial charge in [-0.15, -0.1) is 0 Å². The Kier molecular flexibility index (Phi) is 6.61. The quantitative estimate of drug-likeness (QED) is 0.184. The van der Waals surface area contributed by atoms with Gasteiger partial charge in [0, 0.05) is 54.8 Å². The Bertz CT molecular complexity index is 3420. The number of benzene rings is 8. The summed E-state index contributed by atoms with van der Waals surface area (Å²) >= 11 is 0. The van der Waals surface area contributed by atoms with Crippen LogP contribution in [0.3, 0.4) is 0 Å². The van der Waals surface area contributed by atoms with Gasteiger partial charge in [-0.3, -0.25) is 0 Å². The van der Waals surface area contributed by atoms with E-state index in [0.717, 1.165) is 82.8 Å². The second-order valence-electron chi connectivity index (χ2n) is 14.0. The van der Waals surface area contributed by atoms with Crippen LogP contribution in [0.25, 0.3) is 93.6 Å². The SMILES string of the molecule is N#Cc1ccc2c3ccccc3n(-c3ccccc3-c3ccc(-n4c5ccccc5c5ccc(-n6c7ccccc7c7ccccc76)cc54)cc3C#N)c2c1. The standard InChI is InChI=1S/C50H29N5/c51-30-32-21-24-42-41-15-5-10-20-48(41)55(49(42)27-32)47-19-9-1-11-37(47)36-25-22-34(28-33(36)31-52)54-46-18-8-4-14-40(46)43-26-23-35(29-50(43)54)53-44-16-6-2-12-38(44)39-13-3-7-17-45(39)53/h1-29H. The maximum atomic E-state index is 10.8. The summed E-state index contributed by atoms with van der Waals surface area (Å²) in [6, 6.07) is 65.9. The summed E-state index contributed by atoms with van der Waals surface area (Å²) in [5.74, 6) is 0. The molecule has 0 atom stereocenters. The zero-order valence-electron chi connectivity index (χ0n) is 29.5. The van der Waals surface area contributed by atoms with Crippen molar-refractivity contribution < 1.29 is 0 Å². The molecule has 0 radical (unpaired) electrons. The molecule has 0 saturated carbocycles. The van der Waals surface area contributed by atoms with Crippen LogP contribution >= 0.6 is 0 Å². The van der Waals surface area contributed by atoms with E-state index < -0.39 is 0 Å². The van der Waals surface area contributed by atoms with Crippen LogP contribution in [0.2, 0.25) is 0 Å². The molecule has 0 N–H and O–H groups in total. The van der Waals surface area contributed by atoms with E-state index in [2.05, 4.69) is 153 Å². The first kappa shape index (κ1) is 30.7. The third kappa shape index (κ3) is 4.45. The first-order valence-corrected chi connectivity index (χ1v) is 18.3. The molecule has 0 unspecified atom stereocenters. The Hall–Kier alpha value is -7.86. The molecule has 0 fully saturated rings. The van der Waals surface area contributed by atoms with Crippen molar-refractivity contribution >= 4 is 65.4 Å². The van der Waals surface area contributed by atoms with E-state index in [1.165, 1.54) is 10.8 Å². The highest BCUT2D eigenvalue weighted by Crippen LogP contribution is 2.40. The number of fused-ring (bicyclic) bond motifs is 9. The average Bonchev–Trinajstić information content (AvgIpc) is 3.88. The summed E-state index contributed by atoms with van der Waals surface area (Å²) in [6.07, 6.45) is 0. The van der Waals surface area contributed by atoms with Gasteiger partial charge in [-0.1, -0.05) is 109 Å². The average molecular weight is 700 g/mol. The molecule has 3 heterocycles. The third-order valence-electron chi connectivity index (χ3n) is 11.1. The maximum absolute atomic E-state index is 10.8. The van der Waals surface area contributed by atoms with E-state index in [9.17, 15) is 10.5 Å². The van der Waals surface area contributed by atoms with E-state index in [4.69, 9.17) is 0 Å². The van der Waals surface area contributed by atoms with E-state index in [0.29, 0.717) is 11.1 Å². The molecule has 11 rings (SSSR count). The van der Waals surface area contributed by atoms with Gasteiger partial charge < -0.3 is 13.7 Å². The Morgan fingerprint density at radius 1 is 0.327 bits per heavy atom. The van der Waals surface area contributed by atoms with Crippen molar-refractivity contribution in [3.63, 3.8) is 0 Å². The third-order valence-corrected chi connectivity index (χ3v) is 11.1. The van der Waals surface area contributed by atoms with Crippen molar-refractivity contribution in [3.05, 3.63) is 187 Å². The predicted molar refractivity (Wildman–Crippen MR) is 224 cm³/mol. The molecule has 0 aliphatic rings. The second kappa shape index (κ2) is 11.8. The van der Waals surface area contributed by atoms with Crippen molar-refractivity contribution in [1.29, 1.82) is 10.5 Å². The van der Waals surface area contributed by atoms with Gasteiger partial charge in [0.15, 0.2) is 0 Å². The minimum atomic E-state index is 0.577. The lowest BCUT2D eigenvalue weighted by Gasteiger charge is -2.16. The van der Waals surface area contributed by atoms with Gasteiger partial charge in [0.25, 0.3) is 0 Å². The lowest BCUT2D eigenvalue weighted by molar-refractivity contribution is 1.15. The molecule has 254 valence electrons. The number of hydrogen-bond donors (Lipinski definition) is 0. The Morgan fingerprint density at radius 2 is 0.782 bits per heavy atom. The highest BCUT2D eigenvalue weighted by atomic mass is 15.0. The summed E-state index contributed by atoms with van der Waals surface area (Å²) in [7, 11) is 0. The highest BCUT2D eigenvalue weighted by Gasteiger charge is 2.20. The fraction of sp³-hybridized carbons (Fsp3) is 0. The minimum absolute atomic E-state index is 0.577. The van der Waals surface area contributed by atoms with Gasteiger partial charge in [0.1, 0.15) is 0 Å². The van der Waals surface area contributed by atoms with Crippen LogP contribution in [0.5, 0.6) is 0 Å². The Morgan fingerprint density at radius 3 is 1.38 bits per heavy atom. The van der Waals surface area contributed by atoms with Crippen LogP contribution in [-0.2, 0) is 0 Å². The molecule has 0 amide bonds. The van der Waals surface area contributed by atoms with Crippen LogP contribution < -0.4 is 0 Å². The van der Waals surface area contributed by atoms with Crippen LogP contribution in [0.15, 0.2) is 176 Å². The number of aromatic nitrogens is 3.